The summed E-state index contributed by atoms with van der Waals surface area (Å²) in [6.45, 7) is 2.00. The van der Waals surface area contributed by atoms with Crippen LogP contribution in [0.5, 0.6) is 5.75 Å². The fourth-order valence-electron chi connectivity index (χ4n) is 4.36. The van der Waals surface area contributed by atoms with Gasteiger partial charge in [-0.2, -0.15) is 8.78 Å². The van der Waals surface area contributed by atoms with Crippen LogP contribution in [0.3, 0.4) is 0 Å². The Morgan fingerprint density at radius 2 is 1.31 bits per heavy atom. The van der Waals surface area contributed by atoms with Crippen LogP contribution >= 0.6 is 0 Å². The average Bonchev–Trinajstić information content (AvgIpc) is 2.89. The van der Waals surface area contributed by atoms with E-state index >= 15 is 4.39 Å². The third-order valence-electron chi connectivity index (χ3n) is 6.50. The summed E-state index contributed by atoms with van der Waals surface area (Å²) >= 11 is 0. The van der Waals surface area contributed by atoms with Crippen molar-refractivity contribution in [1.82, 2.24) is 0 Å². The van der Waals surface area contributed by atoms with Crippen LogP contribution in [0.2, 0.25) is 0 Å². The molecule has 39 heavy (non-hydrogen) atoms. The number of aryl methyl sites for hydroxylation is 3. The number of unbranched alkanes of at least 4 members (excludes halogenated alkanes) is 2. The first-order valence-electron chi connectivity index (χ1n) is 12.4. The highest BCUT2D eigenvalue weighted by Crippen LogP contribution is 2.33. The molecule has 0 atom stereocenters. The number of halogens is 8. The van der Waals surface area contributed by atoms with Gasteiger partial charge in [0.2, 0.25) is 0 Å². The molecule has 1 nitrogen and oxygen atoms in total. The Labute approximate surface area is 220 Å². The predicted octanol–water partition coefficient (Wildman–Crippen LogP) is 9.32. The van der Waals surface area contributed by atoms with E-state index in [1.54, 1.807) is 0 Å². The van der Waals surface area contributed by atoms with Gasteiger partial charge in [-0.1, -0.05) is 44.0 Å². The van der Waals surface area contributed by atoms with Crippen LogP contribution in [0.1, 0.15) is 48.4 Å². The molecule has 0 heterocycles. The number of hydrogen-bond acceptors (Lipinski definition) is 1. The Balaban J connectivity index is 1.48. The van der Waals surface area contributed by atoms with E-state index in [0.717, 1.165) is 25.0 Å². The molecule has 4 rings (SSSR count). The second kappa shape index (κ2) is 11.6. The van der Waals surface area contributed by atoms with E-state index in [1.165, 1.54) is 30.3 Å². The van der Waals surface area contributed by atoms with Crippen molar-refractivity contribution >= 4 is 10.8 Å². The van der Waals surface area contributed by atoms with Crippen molar-refractivity contribution < 1.29 is 39.9 Å². The molecular weight excluding hydrogens is 528 g/mol. The van der Waals surface area contributed by atoms with Gasteiger partial charge in [-0.3, -0.25) is 0 Å². The van der Waals surface area contributed by atoms with E-state index in [0.29, 0.717) is 30.5 Å². The first kappa shape index (κ1) is 28.4. The zero-order chi connectivity index (χ0) is 28.3. The Kier molecular flexibility index (Phi) is 8.47. The molecule has 0 N–H and O–H groups in total. The van der Waals surface area contributed by atoms with Crippen molar-refractivity contribution in [3.05, 3.63) is 112 Å². The average molecular weight is 553 g/mol. The lowest BCUT2D eigenvalue weighted by molar-refractivity contribution is -0.185. The zero-order valence-electron chi connectivity index (χ0n) is 20.9. The molecule has 0 saturated carbocycles. The minimum absolute atomic E-state index is 0.0848. The van der Waals surface area contributed by atoms with Crippen molar-refractivity contribution in [1.29, 1.82) is 0 Å². The maximum atomic E-state index is 15.2. The fraction of sp³-hybridized carbons (Fsp3) is 0.267. The first-order chi connectivity index (χ1) is 18.5. The van der Waals surface area contributed by atoms with Crippen LogP contribution in [0, 0.1) is 34.9 Å². The molecule has 0 aliphatic rings. The van der Waals surface area contributed by atoms with Gasteiger partial charge in [0.15, 0.2) is 29.1 Å². The Bertz CT molecular complexity index is 1460. The van der Waals surface area contributed by atoms with Gasteiger partial charge in [0, 0.05) is 12.1 Å². The highest BCUT2D eigenvalue weighted by Gasteiger charge is 2.35. The summed E-state index contributed by atoms with van der Waals surface area (Å²) < 4.78 is 118. The number of ether oxygens (including phenoxy) is 1. The Morgan fingerprint density at radius 1 is 0.641 bits per heavy atom. The molecule has 0 amide bonds. The lowest BCUT2D eigenvalue weighted by Crippen LogP contribution is -2.22. The maximum Gasteiger partial charge on any atom is 0.426 e. The van der Waals surface area contributed by atoms with E-state index in [4.69, 9.17) is 0 Å². The SMILES string of the molecule is CCCCCc1cc2ccc(CCc3ccc(C(F)(F)Oc4cc(F)c(F)c(F)c4)cc3)c(F)c2c(F)c1F. The van der Waals surface area contributed by atoms with Gasteiger partial charge in [0.25, 0.3) is 0 Å². The minimum atomic E-state index is -3.99. The van der Waals surface area contributed by atoms with Crippen LogP contribution in [0.15, 0.2) is 54.6 Å². The molecule has 4 aromatic rings. The van der Waals surface area contributed by atoms with Crippen LogP contribution in [-0.4, -0.2) is 0 Å². The van der Waals surface area contributed by atoms with Gasteiger partial charge in [0.1, 0.15) is 11.6 Å². The zero-order valence-corrected chi connectivity index (χ0v) is 20.9. The lowest BCUT2D eigenvalue weighted by Gasteiger charge is -2.19. The summed E-state index contributed by atoms with van der Waals surface area (Å²) in [5.74, 6) is -9.22. The largest absolute Gasteiger partial charge is 0.429 e. The summed E-state index contributed by atoms with van der Waals surface area (Å²) in [5.41, 5.74) is 0.236. The monoisotopic (exact) mass is 552 g/mol. The molecule has 4 aromatic carbocycles. The summed E-state index contributed by atoms with van der Waals surface area (Å²) in [6.07, 6.45) is -0.868. The minimum Gasteiger partial charge on any atom is -0.429 e. The Morgan fingerprint density at radius 3 is 1.95 bits per heavy atom. The van der Waals surface area contributed by atoms with Crippen molar-refractivity contribution in [2.24, 2.45) is 0 Å². The molecule has 9 heteroatoms. The number of alkyl halides is 2. The van der Waals surface area contributed by atoms with E-state index in [1.807, 2.05) is 6.92 Å². The second-order valence-electron chi connectivity index (χ2n) is 9.27. The molecule has 0 fully saturated rings. The van der Waals surface area contributed by atoms with E-state index in [-0.39, 0.29) is 29.4 Å². The van der Waals surface area contributed by atoms with Gasteiger partial charge >= 0.3 is 6.11 Å². The van der Waals surface area contributed by atoms with Crippen molar-refractivity contribution in [3.8, 4) is 5.75 Å². The van der Waals surface area contributed by atoms with Crippen LogP contribution in [0.4, 0.5) is 35.1 Å². The Hall–Kier alpha value is -3.62. The smallest absolute Gasteiger partial charge is 0.426 e. The molecule has 206 valence electrons. The predicted molar refractivity (Wildman–Crippen MR) is 132 cm³/mol. The quantitative estimate of drug-likeness (QED) is 0.108. The molecule has 0 saturated heterocycles. The van der Waals surface area contributed by atoms with E-state index < -0.39 is 57.7 Å². The summed E-state index contributed by atoms with van der Waals surface area (Å²) in [5, 5.41) is -0.167. The topological polar surface area (TPSA) is 9.23 Å². The molecular formula is C30H24F8O. The molecule has 0 unspecified atom stereocenters. The van der Waals surface area contributed by atoms with Crippen LogP contribution in [0.25, 0.3) is 10.8 Å². The normalized spacial score (nSPS) is 11.8. The number of rotatable bonds is 10. The maximum absolute atomic E-state index is 15.2. The van der Waals surface area contributed by atoms with Crippen molar-refractivity contribution in [2.75, 3.05) is 0 Å². The molecule has 0 aliphatic heterocycles. The van der Waals surface area contributed by atoms with Crippen LogP contribution < -0.4 is 4.74 Å². The second-order valence-corrected chi connectivity index (χ2v) is 9.27. The standard InChI is InChI=1S/C30H24F8O/c1-2-3-4-5-20-14-19-11-10-18(26(33)25(19)29(36)27(20)34)9-6-17-7-12-21(13-8-17)30(37,38)39-22-15-23(31)28(35)24(32)16-22/h7-8,10-16H,2-6,9H2,1H3. The van der Waals surface area contributed by atoms with E-state index in [9.17, 15) is 30.7 Å². The number of benzene rings is 4. The fourth-order valence-corrected chi connectivity index (χ4v) is 4.36. The molecule has 0 bridgehead atoms. The highest BCUT2D eigenvalue weighted by atomic mass is 19.3. The summed E-state index contributed by atoms with van der Waals surface area (Å²) in [7, 11) is 0. The third-order valence-corrected chi connectivity index (χ3v) is 6.50. The van der Waals surface area contributed by atoms with Gasteiger partial charge < -0.3 is 4.74 Å². The molecule has 0 radical (unpaired) electrons. The lowest BCUT2D eigenvalue weighted by atomic mass is 9.96. The van der Waals surface area contributed by atoms with E-state index in [2.05, 4.69) is 4.74 Å². The molecule has 0 spiro atoms. The van der Waals surface area contributed by atoms with Gasteiger partial charge in [-0.05, 0) is 66.0 Å². The summed E-state index contributed by atoms with van der Waals surface area (Å²) in [4.78, 5) is 0. The number of fused-ring (bicyclic) bond motifs is 1. The molecule has 0 aromatic heterocycles. The first-order valence-corrected chi connectivity index (χ1v) is 12.4. The molecule has 0 aliphatic carbocycles. The van der Waals surface area contributed by atoms with Crippen LogP contribution in [-0.2, 0) is 25.4 Å². The third kappa shape index (κ3) is 6.18. The number of hydrogen-bond donors (Lipinski definition) is 0. The van der Waals surface area contributed by atoms with Gasteiger partial charge in [0.05, 0.1) is 10.9 Å². The summed E-state index contributed by atoms with van der Waals surface area (Å²) in [6, 6.07) is 9.81. The highest BCUT2D eigenvalue weighted by molar-refractivity contribution is 5.85. The van der Waals surface area contributed by atoms with Crippen molar-refractivity contribution in [3.63, 3.8) is 0 Å². The van der Waals surface area contributed by atoms with Crippen molar-refractivity contribution in [2.45, 2.75) is 51.6 Å². The van der Waals surface area contributed by atoms with Gasteiger partial charge in [-0.25, -0.2) is 26.3 Å². The van der Waals surface area contributed by atoms with Gasteiger partial charge in [-0.15, -0.1) is 0 Å².